The summed E-state index contributed by atoms with van der Waals surface area (Å²) in [7, 11) is 0. The Bertz CT molecular complexity index is 2970. The van der Waals surface area contributed by atoms with Gasteiger partial charge in [0.25, 0.3) is 0 Å². The Labute approximate surface area is 287 Å². The molecule has 9 rings (SSSR count). The van der Waals surface area contributed by atoms with Gasteiger partial charge in [0, 0.05) is 27.1 Å². The van der Waals surface area contributed by atoms with E-state index < -0.39 is 0 Å². The Morgan fingerprint density at radius 2 is 0.860 bits per heavy atom. The van der Waals surface area contributed by atoms with Crippen molar-refractivity contribution in [1.29, 1.82) is 15.8 Å². The maximum Gasteiger partial charge on any atom is 0.101 e. The number of hydrogen-bond acceptors (Lipinski definition) is 3. The van der Waals surface area contributed by atoms with E-state index in [2.05, 4.69) is 94.1 Å². The molecule has 0 atom stereocenters. The first kappa shape index (κ1) is 28.8. The van der Waals surface area contributed by atoms with E-state index >= 15 is 0 Å². The second-order valence-electron chi connectivity index (χ2n) is 12.3. The number of benzene rings is 7. The van der Waals surface area contributed by atoms with Crippen molar-refractivity contribution in [3.8, 4) is 51.8 Å². The molecule has 0 amide bonds. The van der Waals surface area contributed by atoms with Crippen molar-refractivity contribution >= 4 is 43.6 Å². The molecule has 9 aromatic rings. The Balaban J connectivity index is 1.24. The molecule has 5 heteroatoms. The highest BCUT2D eigenvalue weighted by molar-refractivity contribution is 6.11. The molecule has 7 aromatic carbocycles. The third kappa shape index (κ3) is 4.31. The van der Waals surface area contributed by atoms with Crippen LogP contribution in [-0.2, 0) is 0 Å². The monoisotopic (exact) mass is 635 g/mol. The van der Waals surface area contributed by atoms with Crippen LogP contribution in [0.15, 0.2) is 152 Å². The van der Waals surface area contributed by atoms with Gasteiger partial charge in [-0.25, -0.2) is 0 Å². The molecule has 0 fully saturated rings. The fourth-order valence-electron chi connectivity index (χ4n) is 7.46. The zero-order chi connectivity index (χ0) is 33.8. The highest BCUT2D eigenvalue weighted by Gasteiger charge is 2.20. The van der Waals surface area contributed by atoms with Crippen LogP contribution in [0.3, 0.4) is 0 Å². The fraction of sp³-hybridized carbons (Fsp3) is 0. The van der Waals surface area contributed by atoms with Gasteiger partial charge < -0.3 is 9.13 Å². The summed E-state index contributed by atoms with van der Waals surface area (Å²) in [6, 6.07) is 57.9. The number of fused-ring (bicyclic) bond motifs is 6. The van der Waals surface area contributed by atoms with Crippen molar-refractivity contribution in [3.05, 3.63) is 168 Å². The molecule has 230 valence electrons. The zero-order valence-corrected chi connectivity index (χ0v) is 26.7. The largest absolute Gasteiger partial charge is 0.309 e. The van der Waals surface area contributed by atoms with Crippen LogP contribution < -0.4 is 0 Å². The van der Waals surface area contributed by atoms with E-state index in [0.717, 1.165) is 77.2 Å². The molecular formula is C45H25N5. The molecule has 5 nitrogen and oxygen atoms in total. The van der Waals surface area contributed by atoms with E-state index in [4.69, 9.17) is 0 Å². The predicted molar refractivity (Wildman–Crippen MR) is 200 cm³/mol. The van der Waals surface area contributed by atoms with Crippen LogP contribution in [0.5, 0.6) is 0 Å². The van der Waals surface area contributed by atoms with Crippen molar-refractivity contribution in [2.45, 2.75) is 0 Å². The van der Waals surface area contributed by atoms with Gasteiger partial charge in [-0.05, 0) is 83.4 Å². The average molecular weight is 636 g/mol. The van der Waals surface area contributed by atoms with Gasteiger partial charge >= 0.3 is 0 Å². The Kier molecular flexibility index (Phi) is 6.56. The van der Waals surface area contributed by atoms with Gasteiger partial charge in [-0.3, -0.25) is 0 Å². The second kappa shape index (κ2) is 11.4. The van der Waals surface area contributed by atoms with Gasteiger partial charge in [0.15, 0.2) is 0 Å². The molecule has 2 heterocycles. The molecule has 0 aliphatic heterocycles. The lowest BCUT2D eigenvalue weighted by atomic mass is 9.92. The molecule has 0 aliphatic rings. The van der Waals surface area contributed by atoms with Crippen molar-refractivity contribution < 1.29 is 0 Å². The lowest BCUT2D eigenvalue weighted by Gasteiger charge is -2.18. The lowest BCUT2D eigenvalue weighted by Crippen LogP contribution is -1.99. The van der Waals surface area contributed by atoms with Crippen LogP contribution in [-0.4, -0.2) is 9.13 Å². The summed E-state index contributed by atoms with van der Waals surface area (Å²) >= 11 is 0. The molecule has 0 saturated carbocycles. The van der Waals surface area contributed by atoms with Crippen molar-refractivity contribution in [3.63, 3.8) is 0 Å². The standard InChI is InChI=1S/C45H25N5/c46-26-29-17-20-44-38(23-29)36-12-4-7-15-42(36)49(44)40-22-19-31(25-32(40)28-48)33-9-1-2-10-34(33)35-11-3-6-14-41(35)50-43-16-8-5-13-37(43)39-24-30(27-47)18-21-45(39)50/h1-25H. The number of para-hydroxylation sites is 3. The summed E-state index contributed by atoms with van der Waals surface area (Å²) in [6.45, 7) is 0. The van der Waals surface area contributed by atoms with Crippen LogP contribution in [0.25, 0.3) is 77.2 Å². The minimum atomic E-state index is 0.549. The van der Waals surface area contributed by atoms with Crippen LogP contribution in [0.4, 0.5) is 0 Å². The summed E-state index contributed by atoms with van der Waals surface area (Å²) in [6.07, 6.45) is 0. The second-order valence-corrected chi connectivity index (χ2v) is 12.3. The van der Waals surface area contributed by atoms with E-state index in [9.17, 15) is 15.8 Å². The molecule has 0 unspecified atom stereocenters. The highest BCUT2D eigenvalue weighted by Crippen LogP contribution is 2.41. The molecule has 0 aliphatic carbocycles. The van der Waals surface area contributed by atoms with E-state index in [0.29, 0.717) is 16.7 Å². The number of nitriles is 3. The minimum absolute atomic E-state index is 0.549. The van der Waals surface area contributed by atoms with Gasteiger partial charge in [0.2, 0.25) is 0 Å². The normalized spacial score (nSPS) is 11.1. The maximum atomic E-state index is 10.6. The number of aromatic nitrogens is 2. The highest BCUT2D eigenvalue weighted by atomic mass is 15.0. The Hall–Kier alpha value is -7.39. The fourth-order valence-corrected chi connectivity index (χ4v) is 7.46. The van der Waals surface area contributed by atoms with Gasteiger partial charge in [-0.2, -0.15) is 15.8 Å². The SMILES string of the molecule is N#Cc1ccc2c(c1)c1ccccc1n2-c1ccc(-c2ccccc2-c2ccccc2-n2c3ccccc3c3cc(C#N)ccc32)cc1C#N. The van der Waals surface area contributed by atoms with Crippen molar-refractivity contribution in [2.24, 2.45) is 0 Å². The number of nitrogens with zero attached hydrogens (tertiary/aromatic N) is 5. The van der Waals surface area contributed by atoms with Crippen LogP contribution in [0, 0.1) is 34.0 Å². The van der Waals surface area contributed by atoms with E-state index in [-0.39, 0.29) is 0 Å². The van der Waals surface area contributed by atoms with E-state index in [1.54, 1.807) is 0 Å². The average Bonchev–Trinajstić information content (AvgIpc) is 3.69. The van der Waals surface area contributed by atoms with Gasteiger partial charge in [0.1, 0.15) is 6.07 Å². The van der Waals surface area contributed by atoms with Crippen molar-refractivity contribution in [2.75, 3.05) is 0 Å². The lowest BCUT2D eigenvalue weighted by molar-refractivity contribution is 1.17. The first-order valence-electron chi connectivity index (χ1n) is 16.3. The topological polar surface area (TPSA) is 81.2 Å². The summed E-state index contributed by atoms with van der Waals surface area (Å²) in [5.74, 6) is 0. The molecule has 0 bridgehead atoms. The smallest absolute Gasteiger partial charge is 0.101 e. The van der Waals surface area contributed by atoms with Gasteiger partial charge in [0.05, 0.1) is 62.3 Å². The third-order valence-corrected chi connectivity index (χ3v) is 9.63. The van der Waals surface area contributed by atoms with Crippen molar-refractivity contribution in [1.82, 2.24) is 9.13 Å². The van der Waals surface area contributed by atoms with E-state index in [1.165, 1.54) is 0 Å². The minimum Gasteiger partial charge on any atom is -0.309 e. The van der Waals surface area contributed by atoms with Crippen LogP contribution >= 0.6 is 0 Å². The van der Waals surface area contributed by atoms with Gasteiger partial charge in [-0.15, -0.1) is 0 Å². The Morgan fingerprint density at radius 3 is 1.46 bits per heavy atom. The molecular weight excluding hydrogens is 611 g/mol. The molecule has 0 spiro atoms. The van der Waals surface area contributed by atoms with E-state index in [1.807, 2.05) is 84.9 Å². The number of hydrogen-bond donors (Lipinski definition) is 0. The summed E-state index contributed by atoms with van der Waals surface area (Å²) < 4.78 is 4.40. The molecule has 50 heavy (non-hydrogen) atoms. The molecule has 0 radical (unpaired) electrons. The summed E-state index contributed by atoms with van der Waals surface area (Å²) in [4.78, 5) is 0. The zero-order valence-electron chi connectivity index (χ0n) is 26.7. The quantitative estimate of drug-likeness (QED) is 0.193. The Morgan fingerprint density at radius 1 is 0.360 bits per heavy atom. The van der Waals surface area contributed by atoms with Crippen LogP contribution in [0.1, 0.15) is 16.7 Å². The molecule has 2 aromatic heterocycles. The maximum absolute atomic E-state index is 10.6. The van der Waals surface area contributed by atoms with Crippen LogP contribution in [0.2, 0.25) is 0 Å². The summed E-state index contributed by atoms with van der Waals surface area (Å²) in [5.41, 5.74) is 11.6. The van der Waals surface area contributed by atoms with Gasteiger partial charge in [-0.1, -0.05) is 84.9 Å². The first-order chi connectivity index (χ1) is 24.7. The summed E-state index contributed by atoms with van der Waals surface area (Å²) in [5, 5.41) is 34.0. The third-order valence-electron chi connectivity index (χ3n) is 9.63. The predicted octanol–water partition coefficient (Wildman–Crippen LogP) is 10.8. The first-order valence-corrected chi connectivity index (χ1v) is 16.3. The molecule has 0 N–H and O–H groups in total. The number of rotatable bonds is 4. The molecule has 0 saturated heterocycles.